The summed E-state index contributed by atoms with van der Waals surface area (Å²) in [5.41, 5.74) is 3.85. The number of hydrogen-bond donors (Lipinski definition) is 1. The molecule has 0 bridgehead atoms. The van der Waals surface area contributed by atoms with E-state index >= 15 is 0 Å². The molecule has 4 aromatic rings. The van der Waals surface area contributed by atoms with Gasteiger partial charge in [-0.1, -0.05) is 49.1 Å². The Labute approximate surface area is 211 Å². The van der Waals surface area contributed by atoms with Gasteiger partial charge in [0, 0.05) is 29.6 Å². The Bertz CT molecular complexity index is 1350. The molecule has 8 nitrogen and oxygen atoms in total. The van der Waals surface area contributed by atoms with Gasteiger partial charge in [-0.15, -0.1) is 5.10 Å². The van der Waals surface area contributed by atoms with E-state index in [0.29, 0.717) is 37.8 Å². The van der Waals surface area contributed by atoms with Gasteiger partial charge < -0.3 is 9.72 Å². The number of tetrazole rings is 1. The number of benzene rings is 2. The zero-order valence-corrected chi connectivity index (χ0v) is 21.1. The molecule has 1 aliphatic carbocycles. The summed E-state index contributed by atoms with van der Waals surface area (Å²) in [5.74, 6) is 1.65. The largest absolute Gasteiger partial charge is 0.494 e. The second kappa shape index (κ2) is 11.0. The van der Waals surface area contributed by atoms with Crippen molar-refractivity contribution in [1.82, 2.24) is 30.1 Å². The van der Waals surface area contributed by atoms with E-state index in [2.05, 4.69) is 56.6 Å². The third kappa shape index (κ3) is 5.65. The molecule has 36 heavy (non-hydrogen) atoms. The fourth-order valence-corrected chi connectivity index (χ4v) is 5.09. The lowest BCUT2D eigenvalue weighted by atomic mass is 9.95. The van der Waals surface area contributed by atoms with Gasteiger partial charge in [0.25, 0.3) is 5.56 Å². The molecule has 188 valence electrons. The zero-order chi connectivity index (χ0) is 24.9. The van der Waals surface area contributed by atoms with E-state index in [9.17, 15) is 4.79 Å². The van der Waals surface area contributed by atoms with Crippen molar-refractivity contribution in [2.75, 3.05) is 6.61 Å². The van der Waals surface area contributed by atoms with Gasteiger partial charge in [-0.2, -0.15) is 0 Å². The smallest absolute Gasteiger partial charge is 0.252 e. The Hall–Kier alpha value is -3.52. The molecule has 1 aliphatic rings. The average Bonchev–Trinajstić information content (AvgIpc) is 3.35. The lowest BCUT2D eigenvalue weighted by Gasteiger charge is -2.25. The molecule has 1 saturated carbocycles. The number of fused-ring (bicyclic) bond motifs is 1. The van der Waals surface area contributed by atoms with Crippen LogP contribution in [0.5, 0.6) is 5.75 Å². The zero-order valence-electron chi connectivity index (χ0n) is 21.1. The summed E-state index contributed by atoms with van der Waals surface area (Å²) in [7, 11) is 0. The highest BCUT2D eigenvalue weighted by Gasteiger charge is 2.22. The van der Waals surface area contributed by atoms with Crippen molar-refractivity contribution < 1.29 is 4.74 Å². The number of H-pyrrole nitrogens is 1. The summed E-state index contributed by atoms with van der Waals surface area (Å²) in [5, 5.41) is 13.7. The van der Waals surface area contributed by atoms with Crippen LogP contribution in [0, 0.1) is 6.92 Å². The molecule has 8 heteroatoms. The highest BCUT2D eigenvalue weighted by Crippen LogP contribution is 2.28. The molecular formula is C28H34N6O2. The van der Waals surface area contributed by atoms with Crippen LogP contribution in [0.15, 0.2) is 53.3 Å². The van der Waals surface area contributed by atoms with Crippen LogP contribution in [0.1, 0.15) is 67.6 Å². The Morgan fingerprint density at radius 1 is 1.03 bits per heavy atom. The lowest BCUT2D eigenvalue weighted by Crippen LogP contribution is -2.29. The van der Waals surface area contributed by atoms with E-state index in [1.165, 1.54) is 30.4 Å². The maximum absolute atomic E-state index is 13.0. The fraction of sp³-hybridized carbons (Fsp3) is 0.429. The molecular weight excluding hydrogens is 452 g/mol. The maximum atomic E-state index is 13.0. The number of rotatable bonds is 9. The minimum Gasteiger partial charge on any atom is -0.494 e. The number of pyridine rings is 1. The topological polar surface area (TPSA) is 88.9 Å². The van der Waals surface area contributed by atoms with Gasteiger partial charge in [0.05, 0.1) is 19.2 Å². The number of hydrogen-bond acceptors (Lipinski definition) is 6. The van der Waals surface area contributed by atoms with Crippen LogP contribution in [0.25, 0.3) is 10.9 Å². The molecule has 2 aromatic carbocycles. The SMILES string of the molecule is CCOc1ccc2[nH]c(=O)c(CN(Cc3ccc(C)cc3)Cc3nnnn3C3CCCCC3)cc2c1. The highest BCUT2D eigenvalue weighted by atomic mass is 16.5. The van der Waals surface area contributed by atoms with E-state index in [0.717, 1.165) is 35.3 Å². The van der Waals surface area contributed by atoms with Crippen LogP contribution in [-0.4, -0.2) is 36.7 Å². The number of aromatic amines is 1. The Morgan fingerprint density at radius 2 is 1.83 bits per heavy atom. The van der Waals surface area contributed by atoms with Crippen LogP contribution in [0.4, 0.5) is 0 Å². The van der Waals surface area contributed by atoms with Crippen LogP contribution in [0.3, 0.4) is 0 Å². The first-order chi connectivity index (χ1) is 17.6. The first-order valence-corrected chi connectivity index (χ1v) is 12.9. The van der Waals surface area contributed by atoms with E-state index in [-0.39, 0.29) is 5.56 Å². The van der Waals surface area contributed by atoms with Gasteiger partial charge in [0.2, 0.25) is 0 Å². The number of nitrogens with zero attached hydrogens (tertiary/aromatic N) is 5. The van der Waals surface area contributed by atoms with Crippen molar-refractivity contribution in [3.05, 3.63) is 81.4 Å². The molecule has 1 N–H and O–H groups in total. The van der Waals surface area contributed by atoms with Gasteiger partial charge in [-0.05, 0) is 66.9 Å². The minimum atomic E-state index is -0.0764. The molecule has 0 amide bonds. The molecule has 2 heterocycles. The lowest BCUT2D eigenvalue weighted by molar-refractivity contribution is 0.225. The van der Waals surface area contributed by atoms with Crippen molar-refractivity contribution in [2.24, 2.45) is 0 Å². The summed E-state index contributed by atoms with van der Waals surface area (Å²) >= 11 is 0. The van der Waals surface area contributed by atoms with Gasteiger partial charge in [0.15, 0.2) is 5.82 Å². The second-order valence-corrected chi connectivity index (χ2v) is 9.77. The van der Waals surface area contributed by atoms with E-state index in [1.807, 2.05) is 35.9 Å². The summed E-state index contributed by atoms with van der Waals surface area (Å²) in [4.78, 5) is 18.3. The second-order valence-electron chi connectivity index (χ2n) is 9.77. The van der Waals surface area contributed by atoms with Crippen LogP contribution < -0.4 is 10.3 Å². The molecule has 0 spiro atoms. The number of ether oxygens (including phenoxy) is 1. The Morgan fingerprint density at radius 3 is 2.61 bits per heavy atom. The predicted octanol–water partition coefficient (Wildman–Crippen LogP) is 4.93. The van der Waals surface area contributed by atoms with Gasteiger partial charge in [0.1, 0.15) is 5.75 Å². The molecule has 5 rings (SSSR count). The molecule has 0 aliphatic heterocycles. The first-order valence-electron chi connectivity index (χ1n) is 12.9. The summed E-state index contributed by atoms with van der Waals surface area (Å²) in [6, 6.07) is 16.6. The van der Waals surface area contributed by atoms with E-state index in [4.69, 9.17) is 4.74 Å². The first kappa shape index (κ1) is 24.2. The number of aromatic nitrogens is 5. The van der Waals surface area contributed by atoms with Crippen LogP contribution in [0.2, 0.25) is 0 Å². The van der Waals surface area contributed by atoms with Crippen LogP contribution >= 0.6 is 0 Å². The van der Waals surface area contributed by atoms with E-state index < -0.39 is 0 Å². The van der Waals surface area contributed by atoms with E-state index in [1.54, 1.807) is 0 Å². The third-order valence-corrected chi connectivity index (χ3v) is 6.97. The van der Waals surface area contributed by atoms with Crippen molar-refractivity contribution in [3.8, 4) is 5.75 Å². The molecule has 1 fully saturated rings. The number of nitrogens with one attached hydrogen (secondary N) is 1. The van der Waals surface area contributed by atoms with Crippen LogP contribution in [-0.2, 0) is 19.6 Å². The third-order valence-electron chi connectivity index (χ3n) is 6.97. The Kier molecular flexibility index (Phi) is 7.41. The normalized spacial score (nSPS) is 14.5. The van der Waals surface area contributed by atoms with Crippen molar-refractivity contribution in [1.29, 1.82) is 0 Å². The monoisotopic (exact) mass is 486 g/mol. The molecule has 0 saturated heterocycles. The van der Waals surface area contributed by atoms with Gasteiger partial charge in [-0.3, -0.25) is 9.69 Å². The van der Waals surface area contributed by atoms with Crippen molar-refractivity contribution in [3.63, 3.8) is 0 Å². The van der Waals surface area contributed by atoms with Crippen molar-refractivity contribution in [2.45, 2.75) is 71.6 Å². The quantitative estimate of drug-likeness (QED) is 0.361. The average molecular weight is 487 g/mol. The molecule has 0 radical (unpaired) electrons. The van der Waals surface area contributed by atoms with Crippen molar-refractivity contribution >= 4 is 10.9 Å². The van der Waals surface area contributed by atoms with Gasteiger partial charge >= 0.3 is 0 Å². The maximum Gasteiger partial charge on any atom is 0.252 e. The minimum absolute atomic E-state index is 0.0764. The summed E-state index contributed by atoms with van der Waals surface area (Å²) in [6.45, 7) is 6.39. The summed E-state index contributed by atoms with van der Waals surface area (Å²) in [6.07, 6.45) is 5.94. The number of aryl methyl sites for hydroxylation is 1. The molecule has 2 aromatic heterocycles. The standard InChI is InChI=1S/C28H34N6O2/c1-3-36-25-13-14-26-22(16-25)15-23(28(35)29-26)18-33(17-21-11-9-20(2)10-12-21)19-27-30-31-32-34(27)24-7-5-4-6-8-24/h9-16,24H,3-8,17-19H2,1-2H3,(H,29,35). The highest BCUT2D eigenvalue weighted by molar-refractivity contribution is 5.80. The fourth-order valence-electron chi connectivity index (χ4n) is 5.09. The molecule has 0 atom stereocenters. The predicted molar refractivity (Wildman–Crippen MR) is 140 cm³/mol. The summed E-state index contributed by atoms with van der Waals surface area (Å²) < 4.78 is 7.68. The molecule has 0 unspecified atom stereocenters. The Balaban J connectivity index is 1.44. The van der Waals surface area contributed by atoms with Gasteiger partial charge in [-0.25, -0.2) is 4.68 Å².